The number of aromatic nitrogens is 2. The molecule has 0 radical (unpaired) electrons. The van der Waals surface area contributed by atoms with Crippen LogP contribution in [0.25, 0.3) is 0 Å². The van der Waals surface area contributed by atoms with Crippen molar-refractivity contribution in [2.45, 2.75) is 11.8 Å². The van der Waals surface area contributed by atoms with E-state index < -0.39 is 20.7 Å². The Morgan fingerprint density at radius 2 is 2.11 bits per heavy atom. The molecule has 6 nitrogen and oxygen atoms in total. The largest absolute Gasteiger partial charge is 0.399 e. The van der Waals surface area contributed by atoms with Crippen LogP contribution in [-0.4, -0.2) is 18.2 Å². The molecule has 0 amide bonds. The molecule has 102 valence electrons. The van der Waals surface area contributed by atoms with Crippen molar-refractivity contribution in [1.29, 1.82) is 0 Å². The van der Waals surface area contributed by atoms with Crippen LogP contribution < -0.4 is 10.5 Å². The maximum absolute atomic E-state index is 13.6. The lowest BCUT2D eigenvalue weighted by molar-refractivity contribution is 0.571. The first-order valence-electron chi connectivity index (χ1n) is 5.37. The number of nitrogen functional groups attached to an aromatic ring is 1. The Balaban J connectivity index is 2.40. The summed E-state index contributed by atoms with van der Waals surface area (Å²) in [6.45, 7) is 1.65. The molecular formula is C11H13FN4O2S. The number of sulfonamides is 1. The molecule has 8 heteroatoms. The minimum atomic E-state index is -4.00. The number of nitrogens with zero attached hydrogens (tertiary/aromatic N) is 2. The summed E-state index contributed by atoms with van der Waals surface area (Å²) in [6.07, 6.45) is 1.50. The van der Waals surface area contributed by atoms with Crippen LogP contribution in [0, 0.1) is 12.7 Å². The topological polar surface area (TPSA) is 90.0 Å². The highest BCUT2D eigenvalue weighted by Gasteiger charge is 2.20. The highest BCUT2D eigenvalue weighted by Crippen LogP contribution is 2.21. The number of hydrogen-bond donors (Lipinski definition) is 2. The lowest BCUT2D eigenvalue weighted by Gasteiger charge is -2.08. The molecule has 0 aliphatic carbocycles. The smallest absolute Gasteiger partial charge is 0.264 e. The van der Waals surface area contributed by atoms with Gasteiger partial charge in [0, 0.05) is 18.9 Å². The fourth-order valence-corrected chi connectivity index (χ4v) is 2.80. The number of hydrogen-bond acceptors (Lipinski definition) is 4. The van der Waals surface area contributed by atoms with Gasteiger partial charge in [-0.2, -0.15) is 5.10 Å². The van der Waals surface area contributed by atoms with E-state index in [1.165, 1.54) is 16.9 Å². The molecule has 0 saturated heterocycles. The van der Waals surface area contributed by atoms with Gasteiger partial charge in [-0.1, -0.05) is 0 Å². The van der Waals surface area contributed by atoms with Crippen LogP contribution in [0.1, 0.15) is 5.69 Å². The first-order chi connectivity index (χ1) is 8.79. The molecule has 0 saturated carbocycles. The Morgan fingerprint density at radius 3 is 2.63 bits per heavy atom. The van der Waals surface area contributed by atoms with E-state index in [-0.39, 0.29) is 5.69 Å². The number of halogens is 1. The lowest BCUT2D eigenvalue weighted by Crippen LogP contribution is -2.15. The minimum Gasteiger partial charge on any atom is -0.399 e. The Kier molecular flexibility index (Phi) is 3.19. The predicted octanol–water partition coefficient (Wildman–Crippen LogP) is 1.25. The van der Waals surface area contributed by atoms with Crippen molar-refractivity contribution in [2.24, 2.45) is 7.05 Å². The highest BCUT2D eigenvalue weighted by molar-refractivity contribution is 7.92. The third-order valence-electron chi connectivity index (χ3n) is 2.50. The molecule has 1 aromatic heterocycles. The van der Waals surface area contributed by atoms with Crippen molar-refractivity contribution in [2.75, 3.05) is 10.5 Å². The molecule has 0 bridgehead atoms. The van der Waals surface area contributed by atoms with Crippen LogP contribution in [-0.2, 0) is 17.1 Å². The van der Waals surface area contributed by atoms with E-state index in [2.05, 4.69) is 9.82 Å². The SMILES string of the molecule is Cc1nn(C)cc1NS(=O)(=O)c1ccc(N)cc1F. The number of nitrogens with one attached hydrogen (secondary N) is 1. The van der Waals surface area contributed by atoms with Crippen LogP contribution in [0.4, 0.5) is 15.8 Å². The number of nitrogens with two attached hydrogens (primary N) is 1. The maximum Gasteiger partial charge on any atom is 0.264 e. The molecule has 0 atom stereocenters. The van der Waals surface area contributed by atoms with E-state index in [1.807, 2.05) is 0 Å². The second-order valence-corrected chi connectivity index (χ2v) is 5.75. The second-order valence-electron chi connectivity index (χ2n) is 4.10. The van der Waals surface area contributed by atoms with Crippen LogP contribution in [0.3, 0.4) is 0 Å². The zero-order valence-corrected chi connectivity index (χ0v) is 11.2. The van der Waals surface area contributed by atoms with Crippen LogP contribution >= 0.6 is 0 Å². The summed E-state index contributed by atoms with van der Waals surface area (Å²) >= 11 is 0. The van der Waals surface area contributed by atoms with Gasteiger partial charge in [0.25, 0.3) is 10.0 Å². The zero-order chi connectivity index (χ0) is 14.2. The Bertz CT molecular complexity index is 724. The van der Waals surface area contributed by atoms with E-state index in [1.54, 1.807) is 14.0 Å². The van der Waals surface area contributed by atoms with Crippen molar-refractivity contribution in [3.05, 3.63) is 35.9 Å². The van der Waals surface area contributed by atoms with Crippen LogP contribution in [0.5, 0.6) is 0 Å². The molecule has 3 N–H and O–H groups in total. The first kappa shape index (κ1) is 13.3. The molecule has 2 rings (SSSR count). The molecule has 0 aliphatic heterocycles. The second kappa shape index (κ2) is 4.54. The van der Waals surface area contributed by atoms with E-state index in [4.69, 9.17) is 5.73 Å². The maximum atomic E-state index is 13.6. The summed E-state index contributed by atoms with van der Waals surface area (Å²) in [5, 5.41) is 4.00. The predicted molar refractivity (Wildman–Crippen MR) is 69.6 cm³/mol. The fourth-order valence-electron chi connectivity index (χ4n) is 1.63. The van der Waals surface area contributed by atoms with Crippen molar-refractivity contribution < 1.29 is 12.8 Å². The van der Waals surface area contributed by atoms with Crippen LogP contribution in [0.2, 0.25) is 0 Å². The van der Waals surface area contributed by atoms with Crippen molar-refractivity contribution >= 4 is 21.4 Å². The number of anilines is 2. The molecule has 1 heterocycles. The van der Waals surface area contributed by atoms with Gasteiger partial charge < -0.3 is 5.73 Å². The highest BCUT2D eigenvalue weighted by atomic mass is 32.2. The van der Waals surface area contributed by atoms with Crippen molar-refractivity contribution in [3.63, 3.8) is 0 Å². The lowest BCUT2D eigenvalue weighted by atomic mass is 10.3. The average molecular weight is 284 g/mol. The molecular weight excluding hydrogens is 271 g/mol. The molecule has 0 fully saturated rings. The van der Waals surface area contributed by atoms with Crippen molar-refractivity contribution in [3.8, 4) is 0 Å². The summed E-state index contributed by atoms with van der Waals surface area (Å²) in [6, 6.07) is 3.41. The quantitative estimate of drug-likeness (QED) is 0.830. The molecule has 0 unspecified atom stereocenters. The van der Waals surface area contributed by atoms with Gasteiger partial charge in [-0.3, -0.25) is 9.40 Å². The zero-order valence-electron chi connectivity index (χ0n) is 10.4. The van der Waals surface area contributed by atoms with E-state index in [0.29, 0.717) is 11.4 Å². The van der Waals surface area contributed by atoms with Crippen LogP contribution in [0.15, 0.2) is 29.3 Å². The van der Waals surface area contributed by atoms with Gasteiger partial charge in [0.1, 0.15) is 10.7 Å². The van der Waals surface area contributed by atoms with Crippen molar-refractivity contribution in [1.82, 2.24) is 9.78 Å². The number of rotatable bonds is 3. The van der Waals surface area contributed by atoms with Gasteiger partial charge in [0.05, 0.1) is 11.4 Å². The standard InChI is InChI=1S/C11H13FN4O2S/c1-7-10(6-16(2)14-7)15-19(17,18)11-4-3-8(13)5-9(11)12/h3-6,15H,13H2,1-2H3. The third-order valence-corrected chi connectivity index (χ3v) is 3.90. The van der Waals surface area contributed by atoms with Gasteiger partial charge in [-0.25, -0.2) is 12.8 Å². The summed E-state index contributed by atoms with van der Waals surface area (Å²) in [5.41, 5.74) is 6.35. The molecule has 2 aromatic rings. The summed E-state index contributed by atoms with van der Waals surface area (Å²) in [4.78, 5) is -0.454. The van der Waals surface area contributed by atoms with Gasteiger partial charge in [0.2, 0.25) is 0 Å². The summed E-state index contributed by atoms with van der Waals surface area (Å²) in [5.74, 6) is -0.894. The first-order valence-corrected chi connectivity index (χ1v) is 6.86. The van der Waals surface area contributed by atoms with Gasteiger partial charge >= 0.3 is 0 Å². The number of benzene rings is 1. The Hall–Kier alpha value is -2.09. The molecule has 1 aromatic carbocycles. The Morgan fingerprint density at radius 1 is 1.42 bits per heavy atom. The molecule has 0 spiro atoms. The molecule has 19 heavy (non-hydrogen) atoms. The van der Waals surface area contributed by atoms with E-state index >= 15 is 0 Å². The summed E-state index contributed by atoms with van der Waals surface area (Å²) in [7, 11) is -2.34. The van der Waals surface area contributed by atoms with E-state index in [0.717, 1.165) is 12.1 Å². The van der Waals surface area contributed by atoms with E-state index in [9.17, 15) is 12.8 Å². The summed E-state index contributed by atoms with van der Waals surface area (Å²) < 4.78 is 41.5. The third kappa shape index (κ3) is 2.68. The monoisotopic (exact) mass is 284 g/mol. The molecule has 0 aliphatic rings. The number of aryl methyl sites for hydroxylation is 2. The average Bonchev–Trinajstić information content (AvgIpc) is 2.55. The van der Waals surface area contributed by atoms with Gasteiger partial charge in [-0.05, 0) is 25.1 Å². The normalized spacial score (nSPS) is 11.5. The fraction of sp³-hybridized carbons (Fsp3) is 0.182. The minimum absolute atomic E-state index is 0.161. The van der Waals surface area contributed by atoms with Gasteiger partial charge in [-0.15, -0.1) is 0 Å². The Labute approximate surface area is 110 Å². The van der Waals surface area contributed by atoms with Gasteiger partial charge in [0.15, 0.2) is 0 Å².